The molecule has 0 unspecified atom stereocenters. The van der Waals surface area contributed by atoms with Crippen LogP contribution in [0.2, 0.25) is 0 Å². The van der Waals surface area contributed by atoms with Gasteiger partial charge in [-0.3, -0.25) is 4.79 Å². The second-order valence-corrected chi connectivity index (χ2v) is 7.92. The maximum atomic E-state index is 12.6. The zero-order valence-corrected chi connectivity index (χ0v) is 17.0. The molecule has 0 spiro atoms. The van der Waals surface area contributed by atoms with E-state index in [0.717, 1.165) is 45.0 Å². The topological polar surface area (TPSA) is 60.5 Å². The molecular formula is C23H31N5O. The van der Waals surface area contributed by atoms with E-state index in [0.29, 0.717) is 5.56 Å². The zero-order valence-electron chi connectivity index (χ0n) is 17.0. The number of benzene rings is 1. The molecule has 0 radical (unpaired) electrons. The molecule has 1 atom stereocenters. The van der Waals surface area contributed by atoms with Crippen molar-refractivity contribution in [3.63, 3.8) is 0 Å². The number of piperazine rings is 1. The third kappa shape index (κ3) is 5.34. The number of rotatable bonds is 7. The summed E-state index contributed by atoms with van der Waals surface area (Å²) in [6.07, 6.45) is 5.36. The number of likely N-dealkylation sites (tertiary alicyclic amines) is 1. The second-order valence-electron chi connectivity index (χ2n) is 7.92. The van der Waals surface area contributed by atoms with Gasteiger partial charge in [0, 0.05) is 44.0 Å². The number of hydrogen-bond acceptors (Lipinski definition) is 5. The summed E-state index contributed by atoms with van der Waals surface area (Å²) in [4.78, 5) is 21.9. The van der Waals surface area contributed by atoms with Gasteiger partial charge in [-0.15, -0.1) is 0 Å². The highest BCUT2D eigenvalue weighted by Gasteiger charge is 2.22. The Labute approximate surface area is 173 Å². The first-order chi connectivity index (χ1) is 14.3. The van der Waals surface area contributed by atoms with Crippen molar-refractivity contribution in [1.29, 1.82) is 0 Å². The van der Waals surface area contributed by atoms with Crippen LogP contribution >= 0.6 is 0 Å². The minimum atomic E-state index is -0.00943. The van der Waals surface area contributed by atoms with Crippen molar-refractivity contribution in [3.8, 4) is 0 Å². The highest BCUT2D eigenvalue weighted by molar-refractivity contribution is 5.94. The van der Waals surface area contributed by atoms with Crippen LogP contribution < -0.4 is 15.5 Å². The Balaban J connectivity index is 1.32. The molecule has 0 aliphatic carbocycles. The zero-order chi connectivity index (χ0) is 19.9. The molecule has 1 aromatic carbocycles. The fraction of sp³-hybridized carbons (Fsp3) is 0.478. The highest BCUT2D eigenvalue weighted by Crippen LogP contribution is 2.21. The molecule has 1 amide bonds. The first-order valence-corrected chi connectivity index (χ1v) is 10.8. The molecule has 6 nitrogen and oxygen atoms in total. The van der Waals surface area contributed by atoms with E-state index in [1.165, 1.54) is 31.5 Å². The number of amides is 1. The van der Waals surface area contributed by atoms with E-state index in [1.807, 2.05) is 12.1 Å². The molecule has 4 rings (SSSR count). The molecule has 6 heteroatoms. The number of nitrogens with zero attached hydrogens (tertiary/aromatic N) is 3. The molecule has 0 bridgehead atoms. The lowest BCUT2D eigenvalue weighted by molar-refractivity contribution is 0.0952. The SMILES string of the molecule is O=C(NCCCN1CCCC1)c1ccnc(N2CCN[C@@H](c3ccccc3)C2)c1. The molecule has 154 valence electrons. The molecular weight excluding hydrogens is 362 g/mol. The van der Waals surface area contributed by atoms with Crippen LogP contribution in [0.3, 0.4) is 0 Å². The molecule has 29 heavy (non-hydrogen) atoms. The van der Waals surface area contributed by atoms with Gasteiger partial charge in [0.25, 0.3) is 5.91 Å². The largest absolute Gasteiger partial charge is 0.353 e. The number of nitrogens with one attached hydrogen (secondary N) is 2. The van der Waals surface area contributed by atoms with Gasteiger partial charge in [0.1, 0.15) is 5.82 Å². The molecule has 2 saturated heterocycles. The van der Waals surface area contributed by atoms with Gasteiger partial charge in [-0.1, -0.05) is 30.3 Å². The first-order valence-electron chi connectivity index (χ1n) is 10.8. The van der Waals surface area contributed by atoms with Gasteiger partial charge in [0.15, 0.2) is 0 Å². The number of carbonyl (C=O) groups is 1. The molecule has 3 heterocycles. The summed E-state index contributed by atoms with van der Waals surface area (Å²) < 4.78 is 0. The van der Waals surface area contributed by atoms with Crippen molar-refractivity contribution in [2.75, 3.05) is 50.7 Å². The van der Waals surface area contributed by atoms with Gasteiger partial charge in [-0.2, -0.15) is 0 Å². The van der Waals surface area contributed by atoms with Crippen LogP contribution in [0.5, 0.6) is 0 Å². The van der Waals surface area contributed by atoms with E-state index in [9.17, 15) is 4.79 Å². The number of hydrogen-bond donors (Lipinski definition) is 2. The molecule has 2 aliphatic heterocycles. The average molecular weight is 394 g/mol. The van der Waals surface area contributed by atoms with Crippen molar-refractivity contribution < 1.29 is 4.79 Å². The van der Waals surface area contributed by atoms with Gasteiger partial charge in [0.05, 0.1) is 0 Å². The summed E-state index contributed by atoms with van der Waals surface area (Å²) in [5.41, 5.74) is 1.97. The number of anilines is 1. The summed E-state index contributed by atoms with van der Waals surface area (Å²) in [7, 11) is 0. The molecule has 1 aromatic heterocycles. The quantitative estimate of drug-likeness (QED) is 0.708. The predicted molar refractivity (Wildman–Crippen MR) is 116 cm³/mol. The summed E-state index contributed by atoms with van der Waals surface area (Å²) in [6, 6.07) is 14.5. The Morgan fingerprint density at radius 2 is 1.97 bits per heavy atom. The fourth-order valence-corrected chi connectivity index (χ4v) is 4.21. The maximum Gasteiger partial charge on any atom is 0.251 e. The lowest BCUT2D eigenvalue weighted by Gasteiger charge is -2.34. The molecule has 2 fully saturated rings. The van der Waals surface area contributed by atoms with Crippen molar-refractivity contribution in [2.45, 2.75) is 25.3 Å². The van der Waals surface area contributed by atoms with Gasteiger partial charge in [-0.25, -0.2) is 4.98 Å². The Bertz CT molecular complexity index is 791. The standard InChI is InChI=1S/C23H31N5O/c29-23(26-10-6-15-27-13-4-5-14-27)20-9-11-25-22(17-20)28-16-12-24-21(18-28)19-7-2-1-3-8-19/h1-3,7-9,11,17,21,24H,4-6,10,12-16,18H2,(H,26,29)/t21-/m1/s1. The van der Waals surface area contributed by atoms with Crippen molar-refractivity contribution in [3.05, 3.63) is 59.8 Å². The smallest absolute Gasteiger partial charge is 0.251 e. The Morgan fingerprint density at radius 3 is 2.79 bits per heavy atom. The van der Waals surface area contributed by atoms with E-state index in [4.69, 9.17) is 0 Å². The van der Waals surface area contributed by atoms with Crippen LogP contribution in [0, 0.1) is 0 Å². The van der Waals surface area contributed by atoms with Crippen LogP contribution in [0.25, 0.3) is 0 Å². The first kappa shape index (κ1) is 19.9. The van der Waals surface area contributed by atoms with Crippen LogP contribution in [0.4, 0.5) is 5.82 Å². The van der Waals surface area contributed by atoms with Crippen molar-refractivity contribution in [2.24, 2.45) is 0 Å². The average Bonchev–Trinajstić information content (AvgIpc) is 3.31. The van der Waals surface area contributed by atoms with E-state index in [-0.39, 0.29) is 11.9 Å². The molecule has 2 aromatic rings. The summed E-state index contributed by atoms with van der Waals surface area (Å²) >= 11 is 0. The molecule has 2 N–H and O–H groups in total. The Hall–Kier alpha value is -2.44. The minimum Gasteiger partial charge on any atom is -0.353 e. The number of aromatic nitrogens is 1. The predicted octanol–water partition coefficient (Wildman–Crippen LogP) is 2.45. The Kier molecular flexibility index (Phi) is 6.75. The third-order valence-corrected chi connectivity index (χ3v) is 5.84. The third-order valence-electron chi connectivity index (χ3n) is 5.84. The normalized spacial score (nSPS) is 20.0. The number of carbonyl (C=O) groups excluding carboxylic acids is 1. The van der Waals surface area contributed by atoms with Crippen LogP contribution in [0.15, 0.2) is 48.7 Å². The van der Waals surface area contributed by atoms with Crippen LogP contribution in [-0.2, 0) is 0 Å². The maximum absolute atomic E-state index is 12.6. The lowest BCUT2D eigenvalue weighted by atomic mass is 10.0. The van der Waals surface area contributed by atoms with Crippen molar-refractivity contribution >= 4 is 11.7 Å². The summed E-state index contributed by atoms with van der Waals surface area (Å²) in [5, 5.41) is 6.64. The lowest BCUT2D eigenvalue weighted by Crippen LogP contribution is -2.46. The van der Waals surface area contributed by atoms with Gasteiger partial charge in [-0.05, 0) is 56.6 Å². The number of pyridine rings is 1. The summed E-state index contributed by atoms with van der Waals surface area (Å²) in [5.74, 6) is 0.863. The minimum absolute atomic E-state index is 0.00943. The fourth-order valence-electron chi connectivity index (χ4n) is 4.21. The van der Waals surface area contributed by atoms with E-state index < -0.39 is 0 Å². The molecule has 0 saturated carbocycles. The van der Waals surface area contributed by atoms with Gasteiger partial charge < -0.3 is 20.4 Å². The van der Waals surface area contributed by atoms with Crippen molar-refractivity contribution in [1.82, 2.24) is 20.5 Å². The second kappa shape index (κ2) is 9.85. The van der Waals surface area contributed by atoms with Crippen LogP contribution in [0.1, 0.15) is 41.2 Å². The van der Waals surface area contributed by atoms with E-state index in [1.54, 1.807) is 12.3 Å². The molecule has 2 aliphatic rings. The monoisotopic (exact) mass is 393 g/mol. The van der Waals surface area contributed by atoms with E-state index in [2.05, 4.69) is 49.7 Å². The Morgan fingerprint density at radius 1 is 1.14 bits per heavy atom. The highest BCUT2D eigenvalue weighted by atomic mass is 16.1. The van der Waals surface area contributed by atoms with Gasteiger partial charge in [0.2, 0.25) is 0 Å². The van der Waals surface area contributed by atoms with Crippen LogP contribution in [-0.4, -0.2) is 61.6 Å². The summed E-state index contributed by atoms with van der Waals surface area (Å²) in [6.45, 7) is 6.83. The van der Waals surface area contributed by atoms with Gasteiger partial charge >= 0.3 is 0 Å². The van der Waals surface area contributed by atoms with E-state index >= 15 is 0 Å².